The molecular weight excluding hydrogens is 204 g/mol. The Kier molecular flexibility index (Phi) is 2.64. The molecule has 0 aliphatic carbocycles. The van der Waals surface area contributed by atoms with Crippen LogP contribution in [0.3, 0.4) is 0 Å². The Morgan fingerprint density at radius 1 is 1.44 bits per heavy atom. The van der Waals surface area contributed by atoms with Crippen molar-refractivity contribution in [2.24, 2.45) is 0 Å². The lowest BCUT2D eigenvalue weighted by Gasteiger charge is -2.27. The molecule has 0 saturated heterocycles. The summed E-state index contributed by atoms with van der Waals surface area (Å²) < 4.78 is 0. The number of hydrogen-bond acceptors (Lipinski definition) is 3. The minimum Gasteiger partial charge on any atom is -0.360 e. The second kappa shape index (κ2) is 3.96. The van der Waals surface area contributed by atoms with Crippen LogP contribution in [0.2, 0.25) is 0 Å². The van der Waals surface area contributed by atoms with Crippen molar-refractivity contribution in [3.8, 4) is 0 Å². The van der Waals surface area contributed by atoms with Crippen molar-refractivity contribution >= 4 is 11.8 Å². The number of benzene rings is 1. The quantitative estimate of drug-likeness (QED) is 0.564. The molecule has 0 spiro atoms. The summed E-state index contributed by atoms with van der Waals surface area (Å²) in [5, 5.41) is 10.8. The molecule has 4 nitrogen and oxygen atoms in total. The van der Waals surface area contributed by atoms with Gasteiger partial charge < -0.3 is 4.90 Å². The van der Waals surface area contributed by atoms with Crippen LogP contribution in [0.5, 0.6) is 0 Å². The molecule has 0 saturated carbocycles. The van der Waals surface area contributed by atoms with Crippen LogP contribution in [0, 0.1) is 16.7 Å². The number of hydrogen-bond donors (Lipinski definition) is 0. The predicted molar refractivity (Wildman–Crippen MR) is 61.5 cm³/mol. The zero-order valence-corrected chi connectivity index (χ0v) is 9.18. The Morgan fingerprint density at radius 2 is 2.19 bits per heavy atom. The molecule has 82 valence electrons. The summed E-state index contributed by atoms with van der Waals surface area (Å²) in [5.74, 6) is 0. The van der Waals surface area contributed by atoms with Gasteiger partial charge in [0.1, 0.15) is 6.54 Å². The smallest absolute Gasteiger partial charge is 0.277 e. The van der Waals surface area contributed by atoms with Gasteiger partial charge in [-0.3, -0.25) is 10.1 Å². The summed E-state index contributed by atoms with van der Waals surface area (Å²) in [6, 6.07) is 5.32. The summed E-state index contributed by atoms with van der Waals surface area (Å²) in [7, 11) is 0. The molecule has 0 bridgehead atoms. The van der Waals surface area contributed by atoms with Crippen LogP contribution in [0.4, 0.5) is 5.69 Å². The predicted octanol–water partition coefficient (Wildman–Crippen LogP) is 2.68. The average molecular weight is 216 g/mol. The van der Waals surface area contributed by atoms with Crippen molar-refractivity contribution in [3.63, 3.8) is 0 Å². The van der Waals surface area contributed by atoms with Gasteiger partial charge in [0.05, 0.1) is 10.5 Å². The summed E-state index contributed by atoms with van der Waals surface area (Å²) in [6.07, 6.45) is 3.59. The van der Waals surface area contributed by atoms with Crippen LogP contribution >= 0.6 is 0 Å². The van der Waals surface area contributed by atoms with E-state index in [1.54, 1.807) is 12.1 Å². The number of nitrogens with zero attached hydrogens (tertiary/aromatic N) is 2. The Labute approximate surface area is 94.3 Å². The first-order valence-corrected chi connectivity index (χ1v) is 5.10. The minimum atomic E-state index is -0.365. The van der Waals surface area contributed by atoms with Crippen molar-refractivity contribution in [2.75, 3.05) is 0 Å². The van der Waals surface area contributed by atoms with E-state index in [-0.39, 0.29) is 10.6 Å². The van der Waals surface area contributed by atoms with Gasteiger partial charge in [-0.25, -0.2) is 0 Å². The largest absolute Gasteiger partial charge is 0.360 e. The molecule has 4 heteroatoms. The second-order valence-corrected chi connectivity index (χ2v) is 3.92. The molecule has 1 aromatic carbocycles. The van der Waals surface area contributed by atoms with Crippen LogP contribution in [0.15, 0.2) is 24.4 Å². The fourth-order valence-electron chi connectivity index (χ4n) is 1.62. The van der Waals surface area contributed by atoms with E-state index in [0.717, 1.165) is 5.56 Å². The molecular formula is C12H12N2O2. The highest BCUT2D eigenvalue weighted by molar-refractivity contribution is 5.67. The molecule has 2 rings (SSSR count). The van der Waals surface area contributed by atoms with Gasteiger partial charge in [0.25, 0.3) is 5.69 Å². The molecule has 1 aromatic rings. The third-order valence-electron chi connectivity index (χ3n) is 2.49. The van der Waals surface area contributed by atoms with Crippen molar-refractivity contribution in [3.05, 3.63) is 52.2 Å². The molecule has 0 amide bonds. The Morgan fingerprint density at radius 3 is 2.81 bits per heavy atom. The molecule has 1 aliphatic rings. The number of nitro groups is 1. The first kappa shape index (κ1) is 10.7. The fraction of sp³-hybridized carbons (Fsp3) is 0.250. The molecule has 0 unspecified atom stereocenters. The minimum absolute atomic E-state index is 0.129. The lowest BCUT2D eigenvalue weighted by atomic mass is 10.0. The van der Waals surface area contributed by atoms with Crippen LogP contribution in [0.1, 0.15) is 25.0 Å². The van der Waals surface area contributed by atoms with Gasteiger partial charge in [-0.2, -0.15) is 0 Å². The first-order chi connectivity index (χ1) is 7.59. The van der Waals surface area contributed by atoms with Crippen LogP contribution in [-0.2, 0) is 0 Å². The summed E-state index contributed by atoms with van der Waals surface area (Å²) in [6.45, 7) is 7.22. The van der Waals surface area contributed by atoms with E-state index in [9.17, 15) is 10.1 Å². The third kappa shape index (κ3) is 1.78. The maximum Gasteiger partial charge on any atom is 0.277 e. The highest BCUT2D eigenvalue weighted by Crippen LogP contribution is 2.29. The third-order valence-corrected chi connectivity index (χ3v) is 2.49. The van der Waals surface area contributed by atoms with E-state index >= 15 is 0 Å². The fourth-order valence-corrected chi connectivity index (χ4v) is 1.62. The van der Waals surface area contributed by atoms with E-state index in [1.165, 1.54) is 6.07 Å². The Bertz CT molecular complexity index is 452. The van der Waals surface area contributed by atoms with Gasteiger partial charge in [0.15, 0.2) is 0 Å². The van der Waals surface area contributed by atoms with Crippen molar-refractivity contribution in [1.82, 2.24) is 4.90 Å². The maximum absolute atomic E-state index is 10.8. The van der Waals surface area contributed by atoms with Gasteiger partial charge in [-0.15, -0.1) is 0 Å². The number of rotatable bonds is 2. The maximum atomic E-state index is 10.8. The topological polar surface area (TPSA) is 46.4 Å². The van der Waals surface area contributed by atoms with E-state index in [2.05, 4.69) is 6.54 Å². The monoisotopic (exact) mass is 216 g/mol. The standard InChI is InChI=1S/C12H12N2O2/c1-9(2)13-7-6-11-10(8-13)4-3-5-12(11)14(15)16/h3-7,9H,1-2H3. The molecule has 0 aromatic heterocycles. The van der Waals surface area contributed by atoms with Crippen LogP contribution in [-0.4, -0.2) is 15.9 Å². The molecule has 1 aliphatic heterocycles. The van der Waals surface area contributed by atoms with Crippen LogP contribution < -0.4 is 0 Å². The first-order valence-electron chi connectivity index (χ1n) is 5.10. The average Bonchev–Trinajstić information content (AvgIpc) is 2.27. The summed E-state index contributed by atoms with van der Waals surface area (Å²) in [4.78, 5) is 12.4. The lowest BCUT2D eigenvalue weighted by molar-refractivity contribution is -0.385. The van der Waals surface area contributed by atoms with Gasteiger partial charge >= 0.3 is 0 Å². The SMILES string of the molecule is CC(C)N1[C]c2cccc([N+](=O)[O-])c2C=C1. The molecule has 16 heavy (non-hydrogen) atoms. The Balaban J connectivity index is 2.42. The molecule has 0 N–H and O–H groups in total. The highest BCUT2D eigenvalue weighted by atomic mass is 16.6. The van der Waals surface area contributed by atoms with E-state index in [4.69, 9.17) is 0 Å². The van der Waals surface area contributed by atoms with E-state index in [0.29, 0.717) is 11.6 Å². The summed E-state index contributed by atoms with van der Waals surface area (Å²) in [5.41, 5.74) is 1.53. The molecule has 2 radical (unpaired) electrons. The highest BCUT2D eigenvalue weighted by Gasteiger charge is 2.21. The van der Waals surface area contributed by atoms with E-state index in [1.807, 2.05) is 31.0 Å². The molecule has 1 heterocycles. The van der Waals surface area contributed by atoms with Gasteiger partial charge in [0, 0.05) is 18.3 Å². The van der Waals surface area contributed by atoms with Gasteiger partial charge in [0.2, 0.25) is 0 Å². The number of nitro benzene ring substituents is 1. The molecule has 0 fully saturated rings. The lowest BCUT2D eigenvalue weighted by Crippen LogP contribution is -2.25. The normalized spacial score (nSPS) is 14.1. The van der Waals surface area contributed by atoms with E-state index < -0.39 is 0 Å². The molecule has 0 atom stereocenters. The van der Waals surface area contributed by atoms with Crippen molar-refractivity contribution in [1.29, 1.82) is 0 Å². The van der Waals surface area contributed by atoms with Crippen molar-refractivity contribution in [2.45, 2.75) is 19.9 Å². The van der Waals surface area contributed by atoms with Gasteiger partial charge in [-0.05, 0) is 25.5 Å². The Hall–Kier alpha value is -1.84. The number of fused-ring (bicyclic) bond motifs is 1. The van der Waals surface area contributed by atoms with Crippen molar-refractivity contribution < 1.29 is 4.92 Å². The van der Waals surface area contributed by atoms with Crippen LogP contribution in [0.25, 0.3) is 6.08 Å². The second-order valence-electron chi connectivity index (χ2n) is 3.92. The zero-order valence-electron chi connectivity index (χ0n) is 9.18. The van der Waals surface area contributed by atoms with Gasteiger partial charge in [-0.1, -0.05) is 12.1 Å². The summed E-state index contributed by atoms with van der Waals surface area (Å²) >= 11 is 0. The zero-order chi connectivity index (χ0) is 11.7.